The van der Waals surface area contributed by atoms with Gasteiger partial charge in [-0.15, -0.1) is 0 Å². The molecule has 0 amide bonds. The molecule has 1 heterocycles. The normalized spacial score (nSPS) is 10.9. The molecule has 0 saturated heterocycles. The summed E-state index contributed by atoms with van der Waals surface area (Å²) >= 11 is 0. The Kier molecular flexibility index (Phi) is 2.48. The molecule has 0 aromatic carbocycles. The molecule has 0 aliphatic rings. The second kappa shape index (κ2) is 3.39. The lowest BCUT2D eigenvalue weighted by atomic mass is 10.3. The van der Waals surface area contributed by atoms with Crippen LogP contribution in [0.5, 0.6) is 0 Å². The van der Waals surface area contributed by atoms with E-state index in [4.69, 9.17) is 0 Å². The Morgan fingerprint density at radius 3 is 2.75 bits per heavy atom. The van der Waals surface area contributed by atoms with Crippen LogP contribution in [0.4, 0.5) is 0 Å². The average Bonchev–Trinajstić information content (AvgIpc) is 2.26. The van der Waals surface area contributed by atoms with Crippen LogP contribution in [-0.4, -0.2) is 9.55 Å². The fourth-order valence-electron chi connectivity index (χ4n) is 1.01. The minimum atomic E-state index is 0.968. The molecule has 0 N–H and O–H groups in total. The summed E-state index contributed by atoms with van der Waals surface area (Å²) in [6.45, 7) is 7.73. The zero-order valence-electron chi connectivity index (χ0n) is 7.83. The topological polar surface area (TPSA) is 17.8 Å². The summed E-state index contributed by atoms with van der Waals surface area (Å²) in [5.74, 6) is 0.968. The number of allylic oxidation sites excluding steroid dienone is 2. The largest absolute Gasteiger partial charge is 0.334 e. The first-order chi connectivity index (χ1) is 5.59. The van der Waals surface area contributed by atoms with Crippen molar-refractivity contribution >= 4 is 6.08 Å². The number of rotatable bonds is 2. The summed E-state index contributed by atoms with van der Waals surface area (Å²) in [7, 11) is 1.98. The van der Waals surface area contributed by atoms with Gasteiger partial charge in [0.2, 0.25) is 0 Å². The van der Waals surface area contributed by atoms with Crippen molar-refractivity contribution in [3.8, 4) is 0 Å². The second-order valence-electron chi connectivity index (χ2n) is 3.03. The molecule has 0 fully saturated rings. The third kappa shape index (κ3) is 2.09. The minimum Gasteiger partial charge on any atom is -0.334 e. The number of nitrogens with zero attached hydrogens (tertiary/aromatic N) is 2. The van der Waals surface area contributed by atoms with Gasteiger partial charge in [-0.2, -0.15) is 0 Å². The Labute approximate surface area is 73.2 Å². The number of aryl methyl sites for hydroxylation is 2. The predicted octanol–water partition coefficient (Wildman–Crippen LogP) is 2.32. The van der Waals surface area contributed by atoms with Crippen molar-refractivity contribution in [2.24, 2.45) is 7.05 Å². The molecule has 2 nitrogen and oxygen atoms in total. The molecular weight excluding hydrogens is 148 g/mol. The number of aromatic nitrogens is 2. The highest BCUT2D eigenvalue weighted by atomic mass is 15.0. The van der Waals surface area contributed by atoms with Gasteiger partial charge in [0.25, 0.3) is 0 Å². The monoisotopic (exact) mass is 162 g/mol. The van der Waals surface area contributed by atoms with Crippen molar-refractivity contribution in [1.82, 2.24) is 9.55 Å². The van der Waals surface area contributed by atoms with E-state index in [0.717, 1.165) is 17.1 Å². The maximum atomic E-state index is 4.32. The quantitative estimate of drug-likeness (QED) is 0.610. The van der Waals surface area contributed by atoms with Gasteiger partial charge < -0.3 is 4.57 Å². The van der Waals surface area contributed by atoms with Gasteiger partial charge in [-0.05, 0) is 19.9 Å². The van der Waals surface area contributed by atoms with E-state index in [2.05, 4.69) is 11.6 Å². The highest BCUT2D eigenvalue weighted by Gasteiger charge is 1.95. The summed E-state index contributed by atoms with van der Waals surface area (Å²) in [6, 6.07) is 0. The summed E-state index contributed by atoms with van der Waals surface area (Å²) < 4.78 is 1.99. The average molecular weight is 162 g/mol. The third-order valence-electron chi connectivity index (χ3n) is 1.55. The first-order valence-electron chi connectivity index (χ1n) is 3.93. The fraction of sp³-hybridized carbons (Fsp3) is 0.300. The molecule has 0 spiro atoms. The van der Waals surface area contributed by atoms with Gasteiger partial charge in [0.1, 0.15) is 5.82 Å². The van der Waals surface area contributed by atoms with Gasteiger partial charge in [-0.3, -0.25) is 0 Å². The summed E-state index contributed by atoms with van der Waals surface area (Å²) in [5, 5.41) is 0. The van der Waals surface area contributed by atoms with E-state index in [9.17, 15) is 0 Å². The first kappa shape index (κ1) is 8.78. The minimum absolute atomic E-state index is 0.968. The molecule has 64 valence electrons. The summed E-state index contributed by atoms with van der Waals surface area (Å²) in [6.07, 6.45) is 5.93. The van der Waals surface area contributed by atoms with Crippen molar-refractivity contribution in [3.05, 3.63) is 35.9 Å². The van der Waals surface area contributed by atoms with Gasteiger partial charge in [0.15, 0.2) is 0 Å². The lowest BCUT2D eigenvalue weighted by Crippen LogP contribution is -1.88. The van der Waals surface area contributed by atoms with Crippen molar-refractivity contribution in [2.75, 3.05) is 0 Å². The van der Waals surface area contributed by atoms with Crippen LogP contribution in [0.15, 0.2) is 24.4 Å². The van der Waals surface area contributed by atoms with E-state index < -0.39 is 0 Å². The highest BCUT2D eigenvalue weighted by Crippen LogP contribution is 2.03. The number of imidazole rings is 1. The van der Waals surface area contributed by atoms with Gasteiger partial charge >= 0.3 is 0 Å². The lowest BCUT2D eigenvalue weighted by molar-refractivity contribution is 0.897. The molecule has 0 radical (unpaired) electrons. The third-order valence-corrected chi connectivity index (χ3v) is 1.55. The molecule has 0 atom stereocenters. The molecule has 1 aromatic heterocycles. The Balaban J connectivity index is 2.89. The van der Waals surface area contributed by atoms with Crippen molar-refractivity contribution in [3.63, 3.8) is 0 Å². The zero-order chi connectivity index (χ0) is 9.14. The molecule has 2 heteroatoms. The van der Waals surface area contributed by atoms with E-state index >= 15 is 0 Å². The first-order valence-corrected chi connectivity index (χ1v) is 3.93. The zero-order valence-corrected chi connectivity index (χ0v) is 7.83. The SMILES string of the molecule is C=C(C)/C=C\c1nc(C)cn1C. The maximum absolute atomic E-state index is 4.32. The maximum Gasteiger partial charge on any atom is 0.132 e. The molecule has 1 aromatic rings. The van der Waals surface area contributed by atoms with Gasteiger partial charge in [-0.25, -0.2) is 4.98 Å². The van der Waals surface area contributed by atoms with Crippen LogP contribution in [0.2, 0.25) is 0 Å². The Morgan fingerprint density at radius 1 is 1.67 bits per heavy atom. The van der Waals surface area contributed by atoms with E-state index in [1.54, 1.807) is 0 Å². The summed E-state index contributed by atoms with van der Waals surface area (Å²) in [4.78, 5) is 4.32. The van der Waals surface area contributed by atoms with Crippen molar-refractivity contribution in [2.45, 2.75) is 13.8 Å². The summed E-state index contributed by atoms with van der Waals surface area (Å²) in [5.41, 5.74) is 2.08. The second-order valence-corrected chi connectivity index (χ2v) is 3.03. The molecular formula is C10H14N2. The van der Waals surface area contributed by atoms with Crippen molar-refractivity contribution < 1.29 is 0 Å². The Bertz CT molecular complexity index is 319. The van der Waals surface area contributed by atoms with E-state index in [-0.39, 0.29) is 0 Å². The Morgan fingerprint density at radius 2 is 2.33 bits per heavy atom. The number of hydrogen-bond donors (Lipinski definition) is 0. The van der Waals surface area contributed by atoms with E-state index in [0.29, 0.717) is 0 Å². The molecule has 0 unspecified atom stereocenters. The van der Waals surface area contributed by atoms with E-state index in [1.807, 2.05) is 43.8 Å². The van der Waals surface area contributed by atoms with Crippen LogP contribution in [0.1, 0.15) is 18.4 Å². The van der Waals surface area contributed by atoms with Gasteiger partial charge in [0, 0.05) is 13.2 Å². The van der Waals surface area contributed by atoms with E-state index in [1.165, 1.54) is 0 Å². The van der Waals surface area contributed by atoms with Crippen LogP contribution in [0.25, 0.3) is 6.08 Å². The molecule has 0 bridgehead atoms. The van der Waals surface area contributed by atoms with Crippen LogP contribution in [0.3, 0.4) is 0 Å². The fourth-order valence-corrected chi connectivity index (χ4v) is 1.01. The van der Waals surface area contributed by atoms with Crippen LogP contribution in [-0.2, 0) is 7.05 Å². The van der Waals surface area contributed by atoms with Crippen molar-refractivity contribution in [1.29, 1.82) is 0 Å². The van der Waals surface area contributed by atoms with Crippen LogP contribution >= 0.6 is 0 Å². The molecule has 1 rings (SSSR count). The predicted molar refractivity (Wildman–Crippen MR) is 51.8 cm³/mol. The van der Waals surface area contributed by atoms with Gasteiger partial charge in [-0.1, -0.05) is 18.2 Å². The molecule has 12 heavy (non-hydrogen) atoms. The Hall–Kier alpha value is -1.31. The molecule has 0 aliphatic carbocycles. The lowest BCUT2D eigenvalue weighted by Gasteiger charge is -1.92. The van der Waals surface area contributed by atoms with Gasteiger partial charge in [0.05, 0.1) is 5.69 Å². The standard InChI is InChI=1S/C10H14N2/c1-8(2)5-6-10-11-9(3)7-12(10)4/h5-7H,1H2,2-4H3/b6-5-. The highest BCUT2D eigenvalue weighted by molar-refractivity contribution is 5.45. The number of hydrogen-bond acceptors (Lipinski definition) is 1. The smallest absolute Gasteiger partial charge is 0.132 e. The van der Waals surface area contributed by atoms with Crippen LogP contribution < -0.4 is 0 Å². The van der Waals surface area contributed by atoms with Crippen LogP contribution in [0, 0.1) is 6.92 Å². The molecule has 0 aliphatic heterocycles. The molecule has 0 saturated carbocycles.